The Morgan fingerprint density at radius 3 is 2.60 bits per heavy atom. The second-order valence-electron chi connectivity index (χ2n) is 4.40. The molecular formula is C12H17BrOS. The Morgan fingerprint density at radius 2 is 2.07 bits per heavy atom. The highest BCUT2D eigenvalue weighted by molar-refractivity contribution is 9.11. The molecule has 0 saturated heterocycles. The first-order valence-corrected chi connectivity index (χ1v) is 7.23. The van der Waals surface area contributed by atoms with Crippen LogP contribution in [-0.4, -0.2) is 5.11 Å². The highest BCUT2D eigenvalue weighted by Crippen LogP contribution is 2.39. The summed E-state index contributed by atoms with van der Waals surface area (Å²) in [6.07, 6.45) is 6.04. The van der Waals surface area contributed by atoms with E-state index in [9.17, 15) is 5.11 Å². The van der Waals surface area contributed by atoms with Crippen LogP contribution in [0.3, 0.4) is 0 Å². The predicted octanol–water partition coefficient (Wildman–Crippen LogP) is 4.43. The first-order chi connectivity index (χ1) is 7.18. The van der Waals surface area contributed by atoms with Crippen LogP contribution in [-0.2, 0) is 0 Å². The fraction of sp³-hybridized carbons (Fsp3) is 0.667. The second kappa shape index (κ2) is 4.98. The Labute approximate surface area is 104 Å². The normalized spacial score (nSPS) is 20.5. The van der Waals surface area contributed by atoms with E-state index in [1.807, 2.05) is 0 Å². The van der Waals surface area contributed by atoms with Crippen molar-refractivity contribution in [3.05, 3.63) is 20.3 Å². The fourth-order valence-electron chi connectivity index (χ4n) is 2.46. The predicted molar refractivity (Wildman–Crippen MR) is 68.3 cm³/mol. The van der Waals surface area contributed by atoms with Crippen molar-refractivity contribution in [1.82, 2.24) is 0 Å². The third-order valence-corrected chi connectivity index (χ3v) is 4.91. The van der Waals surface area contributed by atoms with E-state index < -0.39 is 0 Å². The van der Waals surface area contributed by atoms with Crippen molar-refractivity contribution in [1.29, 1.82) is 0 Å². The SMILES string of the molecule is Cc1sc(Br)cc1C(O)C1CCCCC1. The molecule has 1 nitrogen and oxygen atoms in total. The molecule has 1 aromatic rings. The van der Waals surface area contributed by atoms with Crippen LogP contribution in [0.1, 0.15) is 48.6 Å². The van der Waals surface area contributed by atoms with Gasteiger partial charge in [-0.15, -0.1) is 11.3 Å². The average molecular weight is 289 g/mol. The maximum Gasteiger partial charge on any atom is 0.0829 e. The summed E-state index contributed by atoms with van der Waals surface area (Å²) < 4.78 is 1.13. The standard InChI is InChI=1S/C12H17BrOS/c1-8-10(7-11(13)15-8)12(14)9-5-3-2-4-6-9/h7,9,12,14H,2-6H2,1H3. The molecule has 1 unspecified atom stereocenters. The van der Waals surface area contributed by atoms with Crippen molar-refractivity contribution in [2.24, 2.45) is 5.92 Å². The molecule has 15 heavy (non-hydrogen) atoms. The quantitative estimate of drug-likeness (QED) is 0.853. The lowest BCUT2D eigenvalue weighted by molar-refractivity contribution is 0.0847. The Kier molecular flexibility index (Phi) is 3.86. The van der Waals surface area contributed by atoms with E-state index in [0.717, 1.165) is 9.35 Å². The van der Waals surface area contributed by atoms with Gasteiger partial charge in [-0.05, 0) is 53.2 Å². The molecular weight excluding hydrogens is 272 g/mol. The van der Waals surface area contributed by atoms with Gasteiger partial charge in [0.2, 0.25) is 0 Å². The number of aliphatic hydroxyl groups is 1. The summed E-state index contributed by atoms with van der Waals surface area (Å²) >= 11 is 5.20. The van der Waals surface area contributed by atoms with Crippen LogP contribution < -0.4 is 0 Å². The Balaban J connectivity index is 2.12. The minimum atomic E-state index is -0.243. The molecule has 0 bridgehead atoms. The Bertz CT molecular complexity index is 328. The molecule has 2 rings (SSSR count). The molecule has 1 saturated carbocycles. The molecule has 0 aliphatic heterocycles. The highest BCUT2D eigenvalue weighted by atomic mass is 79.9. The number of hydrogen-bond acceptors (Lipinski definition) is 2. The molecule has 84 valence electrons. The van der Waals surface area contributed by atoms with Crippen molar-refractivity contribution in [3.63, 3.8) is 0 Å². The zero-order chi connectivity index (χ0) is 10.8. The molecule has 1 atom stereocenters. The molecule has 3 heteroatoms. The largest absolute Gasteiger partial charge is 0.388 e. The molecule has 1 aliphatic rings. The summed E-state index contributed by atoms with van der Waals surface area (Å²) in [5.41, 5.74) is 1.14. The van der Waals surface area contributed by atoms with E-state index >= 15 is 0 Å². The van der Waals surface area contributed by atoms with Gasteiger partial charge in [-0.3, -0.25) is 0 Å². The summed E-state index contributed by atoms with van der Waals surface area (Å²) in [6, 6.07) is 2.08. The lowest BCUT2D eigenvalue weighted by atomic mass is 9.83. The van der Waals surface area contributed by atoms with Crippen LogP contribution in [0, 0.1) is 12.8 Å². The van der Waals surface area contributed by atoms with Crippen LogP contribution >= 0.6 is 27.3 Å². The van der Waals surface area contributed by atoms with Gasteiger partial charge in [0, 0.05) is 4.88 Å². The van der Waals surface area contributed by atoms with Crippen LogP contribution in [0.15, 0.2) is 9.85 Å². The van der Waals surface area contributed by atoms with E-state index in [4.69, 9.17) is 0 Å². The number of thiophene rings is 1. The van der Waals surface area contributed by atoms with Gasteiger partial charge in [0.1, 0.15) is 0 Å². The molecule has 0 spiro atoms. The van der Waals surface area contributed by atoms with E-state index in [-0.39, 0.29) is 6.10 Å². The smallest absolute Gasteiger partial charge is 0.0829 e. The minimum absolute atomic E-state index is 0.243. The van der Waals surface area contributed by atoms with E-state index in [2.05, 4.69) is 28.9 Å². The number of rotatable bonds is 2. The number of aryl methyl sites for hydroxylation is 1. The van der Waals surface area contributed by atoms with E-state index in [0.29, 0.717) is 5.92 Å². The van der Waals surface area contributed by atoms with Crippen LogP contribution in [0.4, 0.5) is 0 Å². The first-order valence-electron chi connectivity index (χ1n) is 5.62. The van der Waals surface area contributed by atoms with Crippen molar-refractivity contribution in [2.45, 2.75) is 45.1 Å². The van der Waals surface area contributed by atoms with Crippen LogP contribution in [0.25, 0.3) is 0 Å². The summed E-state index contributed by atoms with van der Waals surface area (Å²) in [5, 5.41) is 10.3. The molecule has 1 heterocycles. The maximum atomic E-state index is 10.3. The lowest BCUT2D eigenvalue weighted by Crippen LogP contribution is -2.15. The zero-order valence-corrected chi connectivity index (χ0v) is 11.4. The maximum absolute atomic E-state index is 10.3. The van der Waals surface area contributed by atoms with Gasteiger partial charge in [-0.1, -0.05) is 19.3 Å². The van der Waals surface area contributed by atoms with Crippen molar-refractivity contribution in [2.75, 3.05) is 0 Å². The summed E-state index contributed by atoms with van der Waals surface area (Å²) in [5.74, 6) is 0.485. The van der Waals surface area contributed by atoms with E-state index in [1.54, 1.807) is 11.3 Å². The number of hydrogen-bond donors (Lipinski definition) is 1. The van der Waals surface area contributed by atoms with Gasteiger partial charge < -0.3 is 5.11 Å². The average Bonchev–Trinajstić information content (AvgIpc) is 2.58. The van der Waals surface area contributed by atoms with Crippen molar-refractivity contribution < 1.29 is 5.11 Å². The molecule has 1 N–H and O–H groups in total. The van der Waals surface area contributed by atoms with Gasteiger partial charge in [0.25, 0.3) is 0 Å². The third-order valence-electron chi connectivity index (χ3n) is 3.34. The molecule has 0 amide bonds. The van der Waals surface area contributed by atoms with Crippen LogP contribution in [0.2, 0.25) is 0 Å². The van der Waals surface area contributed by atoms with Crippen LogP contribution in [0.5, 0.6) is 0 Å². The molecule has 1 aliphatic carbocycles. The highest BCUT2D eigenvalue weighted by Gasteiger charge is 2.25. The molecule has 1 fully saturated rings. The van der Waals surface area contributed by atoms with Gasteiger partial charge in [-0.25, -0.2) is 0 Å². The number of aliphatic hydroxyl groups excluding tert-OH is 1. The Morgan fingerprint density at radius 1 is 1.40 bits per heavy atom. The molecule has 0 radical (unpaired) electrons. The summed E-state index contributed by atoms with van der Waals surface area (Å²) in [7, 11) is 0. The van der Waals surface area contributed by atoms with Gasteiger partial charge >= 0.3 is 0 Å². The lowest BCUT2D eigenvalue weighted by Gasteiger charge is -2.26. The Hall–Kier alpha value is 0.140. The van der Waals surface area contributed by atoms with Gasteiger partial charge in [0.05, 0.1) is 9.89 Å². The van der Waals surface area contributed by atoms with E-state index in [1.165, 1.54) is 37.0 Å². The first kappa shape index (κ1) is 11.6. The van der Waals surface area contributed by atoms with Gasteiger partial charge in [0.15, 0.2) is 0 Å². The molecule has 0 aromatic carbocycles. The van der Waals surface area contributed by atoms with Gasteiger partial charge in [-0.2, -0.15) is 0 Å². The monoisotopic (exact) mass is 288 g/mol. The third kappa shape index (κ3) is 2.63. The summed E-state index contributed by atoms with van der Waals surface area (Å²) in [4.78, 5) is 1.25. The van der Waals surface area contributed by atoms with Crippen molar-refractivity contribution >= 4 is 27.3 Å². The topological polar surface area (TPSA) is 20.2 Å². The zero-order valence-electron chi connectivity index (χ0n) is 9.00. The minimum Gasteiger partial charge on any atom is -0.388 e. The fourth-order valence-corrected chi connectivity index (χ4v) is 4.21. The summed E-state index contributed by atoms with van der Waals surface area (Å²) in [6.45, 7) is 2.09. The second-order valence-corrected chi connectivity index (χ2v) is 7.04. The number of halogens is 1. The molecule has 1 aromatic heterocycles. The van der Waals surface area contributed by atoms with Crippen molar-refractivity contribution in [3.8, 4) is 0 Å².